The van der Waals surface area contributed by atoms with Crippen LogP contribution in [0.1, 0.15) is 18.5 Å². The molecule has 2 aromatic rings. The summed E-state index contributed by atoms with van der Waals surface area (Å²) in [7, 11) is -3.23. The highest BCUT2D eigenvalue weighted by molar-refractivity contribution is 7.90. The third-order valence-electron chi connectivity index (χ3n) is 3.54. The first-order chi connectivity index (χ1) is 10.4. The first-order valence-corrected chi connectivity index (χ1v) is 9.62. The number of nitrogens with one attached hydrogen (secondary N) is 1. The zero-order valence-electron chi connectivity index (χ0n) is 12.1. The fourth-order valence-electron chi connectivity index (χ4n) is 2.41. The van der Waals surface area contributed by atoms with Crippen LogP contribution >= 0.6 is 0 Å². The van der Waals surface area contributed by atoms with Crippen LogP contribution in [0.25, 0.3) is 11.1 Å². The van der Waals surface area contributed by atoms with Crippen LogP contribution < -0.4 is 8.91 Å². The zero-order chi connectivity index (χ0) is 15.9. The smallest absolute Gasteiger partial charge is 0.288 e. The van der Waals surface area contributed by atoms with Crippen LogP contribution in [-0.2, 0) is 21.1 Å². The highest BCUT2D eigenvalue weighted by Gasteiger charge is 2.25. The van der Waals surface area contributed by atoms with Gasteiger partial charge in [-0.2, -0.15) is 8.93 Å². The monoisotopic (exact) mass is 337 g/mol. The lowest BCUT2D eigenvalue weighted by molar-refractivity contribution is 0.501. The van der Waals surface area contributed by atoms with Crippen molar-refractivity contribution in [3.05, 3.63) is 48.0 Å². The lowest BCUT2D eigenvalue weighted by Gasteiger charge is -2.24. The van der Waals surface area contributed by atoms with Crippen molar-refractivity contribution in [1.82, 2.24) is 4.72 Å². The molecule has 0 saturated carbocycles. The van der Waals surface area contributed by atoms with Gasteiger partial charge >= 0.3 is 0 Å². The molecule has 0 radical (unpaired) electrons. The summed E-state index contributed by atoms with van der Waals surface area (Å²) in [6.45, 7) is 1.91. The number of sulfone groups is 1. The number of para-hydroxylation sites is 1. The van der Waals surface area contributed by atoms with Crippen LogP contribution in [0.4, 0.5) is 0 Å². The predicted octanol–water partition coefficient (Wildman–Crippen LogP) is 2.38. The van der Waals surface area contributed by atoms with Gasteiger partial charge in [0, 0.05) is 23.4 Å². The van der Waals surface area contributed by atoms with Crippen LogP contribution in [0, 0.1) is 0 Å². The Hall–Kier alpha value is -1.70. The van der Waals surface area contributed by atoms with Crippen molar-refractivity contribution < 1.29 is 16.8 Å². The average Bonchev–Trinajstić information content (AvgIpc) is 2.46. The third-order valence-corrected chi connectivity index (χ3v) is 5.53. The topological polar surface area (TPSA) is 72.5 Å². The van der Waals surface area contributed by atoms with Crippen LogP contribution in [0.15, 0.2) is 47.4 Å². The Morgan fingerprint density at radius 2 is 1.82 bits per heavy atom. The fourth-order valence-corrected chi connectivity index (χ4v) is 3.84. The number of rotatable bonds is 2. The summed E-state index contributed by atoms with van der Waals surface area (Å²) in [5.41, 5.74) is 2.53. The minimum absolute atomic E-state index is 0.0835. The molecule has 2 aromatic carbocycles. The number of fused-ring (bicyclic) bond motifs is 1. The van der Waals surface area contributed by atoms with Crippen LogP contribution in [0.3, 0.4) is 0 Å². The van der Waals surface area contributed by atoms with E-state index in [1.54, 1.807) is 24.3 Å². The summed E-state index contributed by atoms with van der Waals surface area (Å²) in [5, 5.41) is 0. The summed E-state index contributed by atoms with van der Waals surface area (Å²) >= 11 is -1.58. The van der Waals surface area contributed by atoms with Crippen molar-refractivity contribution in [3.8, 4) is 16.9 Å². The molecule has 2 unspecified atom stereocenters. The Morgan fingerprint density at radius 1 is 1.14 bits per heavy atom. The molecular weight excluding hydrogens is 322 g/mol. The SMILES string of the molecule is CC1NS(=O)Oc2c(-c3ccc(S(C)(=O)=O)cc3)cccc21. The van der Waals surface area contributed by atoms with Gasteiger partial charge in [-0.25, -0.2) is 8.42 Å². The second kappa shape index (κ2) is 5.49. The van der Waals surface area contributed by atoms with Crippen molar-refractivity contribution in [1.29, 1.82) is 0 Å². The predicted molar refractivity (Wildman–Crippen MR) is 85.3 cm³/mol. The Kier molecular flexibility index (Phi) is 3.80. The quantitative estimate of drug-likeness (QED) is 0.913. The maximum atomic E-state index is 11.7. The number of hydrogen-bond donors (Lipinski definition) is 1. The Bertz CT molecular complexity index is 844. The molecule has 3 rings (SSSR count). The van der Waals surface area contributed by atoms with E-state index >= 15 is 0 Å². The van der Waals surface area contributed by atoms with E-state index in [-0.39, 0.29) is 10.9 Å². The van der Waals surface area contributed by atoms with Gasteiger partial charge in [-0.15, -0.1) is 0 Å². The largest absolute Gasteiger partial charge is 0.388 e. The number of hydrogen-bond acceptors (Lipinski definition) is 4. The van der Waals surface area contributed by atoms with Gasteiger partial charge in [-0.05, 0) is 24.6 Å². The molecule has 0 aromatic heterocycles. The maximum absolute atomic E-state index is 11.7. The second-order valence-corrected chi connectivity index (χ2v) is 8.07. The van der Waals surface area contributed by atoms with Gasteiger partial charge in [0.15, 0.2) is 15.6 Å². The molecule has 2 atom stereocenters. The highest BCUT2D eigenvalue weighted by atomic mass is 32.2. The van der Waals surface area contributed by atoms with Crippen molar-refractivity contribution in [2.45, 2.75) is 17.9 Å². The first kappa shape index (κ1) is 15.2. The van der Waals surface area contributed by atoms with Gasteiger partial charge in [0.2, 0.25) is 0 Å². The van der Waals surface area contributed by atoms with Crippen LogP contribution in [0.2, 0.25) is 0 Å². The first-order valence-electron chi connectivity index (χ1n) is 6.66. The fraction of sp³-hybridized carbons (Fsp3) is 0.200. The Morgan fingerprint density at radius 3 is 2.45 bits per heavy atom. The molecule has 0 saturated heterocycles. The van der Waals surface area contributed by atoms with Gasteiger partial charge in [0.1, 0.15) is 0 Å². The maximum Gasteiger partial charge on any atom is 0.288 e. The molecule has 0 spiro atoms. The molecule has 22 heavy (non-hydrogen) atoms. The summed E-state index contributed by atoms with van der Waals surface area (Å²) in [6, 6.07) is 12.2. The van der Waals surface area contributed by atoms with E-state index in [0.717, 1.165) is 16.7 Å². The lowest BCUT2D eigenvalue weighted by Crippen LogP contribution is -2.30. The number of benzene rings is 2. The Labute approximate surface area is 132 Å². The molecule has 0 amide bonds. The normalized spacial score (nSPS) is 21.0. The Balaban J connectivity index is 2.10. The van der Waals surface area contributed by atoms with Gasteiger partial charge in [-0.1, -0.05) is 30.3 Å². The molecule has 1 heterocycles. The summed E-state index contributed by atoms with van der Waals surface area (Å²) in [6.07, 6.45) is 1.17. The van der Waals surface area contributed by atoms with Gasteiger partial charge in [0.25, 0.3) is 11.3 Å². The molecule has 1 aliphatic heterocycles. The van der Waals surface area contributed by atoms with Crippen LogP contribution in [0.5, 0.6) is 5.75 Å². The molecule has 0 aliphatic carbocycles. The highest BCUT2D eigenvalue weighted by Crippen LogP contribution is 2.39. The minimum Gasteiger partial charge on any atom is -0.388 e. The standard InChI is InChI=1S/C15H15NO4S2/c1-10-13-4-3-5-14(15(13)20-21(17)16-10)11-6-8-12(9-7-11)22(2,18)19/h3-10,16H,1-2H3. The van der Waals surface area contributed by atoms with E-state index < -0.39 is 21.1 Å². The summed E-state index contributed by atoms with van der Waals surface area (Å²) in [5.74, 6) is 0.569. The van der Waals surface area contributed by atoms with E-state index in [9.17, 15) is 12.6 Å². The summed E-state index contributed by atoms with van der Waals surface area (Å²) in [4.78, 5) is 0.264. The van der Waals surface area contributed by atoms with E-state index in [1.165, 1.54) is 6.26 Å². The zero-order valence-corrected chi connectivity index (χ0v) is 13.7. The molecule has 1 N–H and O–H groups in total. The van der Waals surface area contributed by atoms with Gasteiger partial charge in [0.05, 0.1) is 4.90 Å². The summed E-state index contributed by atoms with van der Waals surface area (Å²) < 4.78 is 43.0. The third kappa shape index (κ3) is 2.79. The minimum atomic E-state index is -3.23. The van der Waals surface area contributed by atoms with E-state index in [0.29, 0.717) is 5.75 Å². The molecular formula is C15H15NO4S2. The molecule has 0 bridgehead atoms. The van der Waals surface area contributed by atoms with E-state index in [2.05, 4.69) is 4.72 Å². The molecule has 1 aliphatic rings. The molecule has 0 fully saturated rings. The average molecular weight is 337 g/mol. The van der Waals surface area contributed by atoms with Crippen molar-refractivity contribution in [2.75, 3.05) is 6.26 Å². The van der Waals surface area contributed by atoms with E-state index in [4.69, 9.17) is 4.18 Å². The van der Waals surface area contributed by atoms with Crippen molar-refractivity contribution in [3.63, 3.8) is 0 Å². The van der Waals surface area contributed by atoms with Crippen LogP contribution in [-0.4, -0.2) is 18.9 Å². The molecule has 116 valence electrons. The van der Waals surface area contributed by atoms with Crippen molar-refractivity contribution >= 4 is 21.1 Å². The van der Waals surface area contributed by atoms with E-state index in [1.807, 2.05) is 25.1 Å². The molecule has 5 nitrogen and oxygen atoms in total. The molecule has 7 heteroatoms. The van der Waals surface area contributed by atoms with Gasteiger partial charge < -0.3 is 4.18 Å². The van der Waals surface area contributed by atoms with Crippen molar-refractivity contribution in [2.24, 2.45) is 0 Å². The van der Waals surface area contributed by atoms with Gasteiger partial charge in [-0.3, -0.25) is 0 Å². The second-order valence-electron chi connectivity index (χ2n) is 5.18. The lowest BCUT2D eigenvalue weighted by atomic mass is 9.98.